The van der Waals surface area contributed by atoms with E-state index in [2.05, 4.69) is 4.98 Å². The van der Waals surface area contributed by atoms with Crippen molar-refractivity contribution in [2.24, 2.45) is 0 Å². The Morgan fingerprint density at radius 3 is 2.90 bits per heavy atom. The molecule has 0 saturated carbocycles. The molecule has 1 N–H and O–H groups in total. The third-order valence-electron chi connectivity index (χ3n) is 3.69. The van der Waals surface area contributed by atoms with Crippen LogP contribution in [-0.2, 0) is 4.79 Å². The largest absolute Gasteiger partial charge is 0.480 e. The number of hydrogen-bond acceptors (Lipinski definition) is 3. The molecule has 1 fully saturated rings. The van der Waals surface area contributed by atoms with Crippen LogP contribution >= 0.6 is 0 Å². The summed E-state index contributed by atoms with van der Waals surface area (Å²) in [4.78, 5) is 29.1. The minimum Gasteiger partial charge on any atom is -0.480 e. The lowest BCUT2D eigenvalue weighted by Gasteiger charge is -2.21. The van der Waals surface area contributed by atoms with Crippen LogP contribution in [-0.4, -0.2) is 39.5 Å². The molecular formula is C15H14N2O3. The van der Waals surface area contributed by atoms with Gasteiger partial charge < -0.3 is 10.0 Å². The van der Waals surface area contributed by atoms with Crippen LogP contribution < -0.4 is 0 Å². The Hall–Kier alpha value is -2.43. The van der Waals surface area contributed by atoms with Crippen molar-refractivity contribution < 1.29 is 14.7 Å². The molecule has 102 valence electrons. The van der Waals surface area contributed by atoms with E-state index in [1.807, 2.05) is 12.1 Å². The molecule has 1 atom stereocenters. The fraction of sp³-hybridized carbons (Fsp3) is 0.267. The Labute approximate surface area is 115 Å². The van der Waals surface area contributed by atoms with Crippen molar-refractivity contribution in [3.8, 4) is 0 Å². The van der Waals surface area contributed by atoms with Crippen molar-refractivity contribution in [3.63, 3.8) is 0 Å². The van der Waals surface area contributed by atoms with E-state index in [-0.39, 0.29) is 5.91 Å². The van der Waals surface area contributed by atoms with Crippen molar-refractivity contribution in [2.75, 3.05) is 6.54 Å². The van der Waals surface area contributed by atoms with Gasteiger partial charge in [-0.3, -0.25) is 9.78 Å². The number of amides is 1. The number of carboxylic acids is 1. The third-order valence-corrected chi connectivity index (χ3v) is 3.69. The Balaban J connectivity index is 1.94. The molecule has 5 heteroatoms. The Morgan fingerprint density at radius 2 is 2.10 bits per heavy atom. The van der Waals surface area contributed by atoms with Crippen LogP contribution in [0, 0.1) is 0 Å². The van der Waals surface area contributed by atoms with E-state index in [0.29, 0.717) is 18.5 Å². The molecule has 1 amide bonds. The summed E-state index contributed by atoms with van der Waals surface area (Å²) >= 11 is 0. The minimum atomic E-state index is -0.932. The third kappa shape index (κ3) is 2.11. The second-order valence-corrected chi connectivity index (χ2v) is 4.93. The van der Waals surface area contributed by atoms with Gasteiger partial charge >= 0.3 is 5.97 Å². The zero-order chi connectivity index (χ0) is 14.1. The fourth-order valence-electron chi connectivity index (χ4n) is 2.65. The van der Waals surface area contributed by atoms with E-state index in [1.165, 1.54) is 4.90 Å². The molecule has 1 aliphatic heterocycles. The zero-order valence-corrected chi connectivity index (χ0v) is 10.8. The Kier molecular flexibility index (Phi) is 3.10. The summed E-state index contributed by atoms with van der Waals surface area (Å²) in [7, 11) is 0. The van der Waals surface area contributed by atoms with E-state index in [4.69, 9.17) is 5.11 Å². The average Bonchev–Trinajstić information content (AvgIpc) is 2.95. The van der Waals surface area contributed by atoms with E-state index in [9.17, 15) is 9.59 Å². The van der Waals surface area contributed by atoms with Crippen LogP contribution in [0.4, 0.5) is 0 Å². The molecule has 1 aromatic heterocycles. The molecule has 1 aromatic carbocycles. The average molecular weight is 270 g/mol. The van der Waals surface area contributed by atoms with Gasteiger partial charge in [-0.2, -0.15) is 0 Å². The van der Waals surface area contributed by atoms with Gasteiger partial charge in [0.25, 0.3) is 5.91 Å². The molecule has 1 unspecified atom stereocenters. The fourth-order valence-corrected chi connectivity index (χ4v) is 2.65. The molecule has 20 heavy (non-hydrogen) atoms. The molecule has 3 rings (SSSR count). The molecule has 1 saturated heterocycles. The highest BCUT2D eigenvalue weighted by Gasteiger charge is 2.34. The van der Waals surface area contributed by atoms with Crippen LogP contribution in [0.3, 0.4) is 0 Å². The first-order chi connectivity index (χ1) is 9.66. The molecule has 2 heterocycles. The van der Waals surface area contributed by atoms with E-state index >= 15 is 0 Å². The molecule has 1 aliphatic rings. The highest BCUT2D eigenvalue weighted by molar-refractivity contribution is 6.00. The standard InChI is InChI=1S/C15H14N2O3/c18-14(17-7-1-2-13(17)15(19)20)11-4-3-10-5-6-16-9-12(10)8-11/h3-6,8-9,13H,1-2,7H2,(H,19,20). The highest BCUT2D eigenvalue weighted by Crippen LogP contribution is 2.22. The predicted molar refractivity (Wildman–Crippen MR) is 73.4 cm³/mol. The van der Waals surface area contributed by atoms with Gasteiger partial charge in [-0.1, -0.05) is 6.07 Å². The minimum absolute atomic E-state index is 0.222. The van der Waals surface area contributed by atoms with Gasteiger partial charge in [-0.25, -0.2) is 4.79 Å². The van der Waals surface area contributed by atoms with Crippen LogP contribution in [0.15, 0.2) is 36.7 Å². The van der Waals surface area contributed by atoms with Crippen LogP contribution in [0.2, 0.25) is 0 Å². The summed E-state index contributed by atoms with van der Waals surface area (Å²) in [5.74, 6) is -1.15. The van der Waals surface area contributed by atoms with E-state index in [0.717, 1.165) is 17.2 Å². The predicted octanol–water partition coefficient (Wildman–Crippen LogP) is 1.92. The first-order valence-electron chi connectivity index (χ1n) is 6.54. The molecule has 5 nitrogen and oxygen atoms in total. The zero-order valence-electron chi connectivity index (χ0n) is 10.8. The molecule has 0 bridgehead atoms. The normalized spacial score (nSPS) is 18.4. The van der Waals surface area contributed by atoms with Gasteiger partial charge in [0.1, 0.15) is 6.04 Å². The maximum atomic E-state index is 12.4. The maximum Gasteiger partial charge on any atom is 0.326 e. The molecule has 2 aromatic rings. The summed E-state index contributed by atoms with van der Waals surface area (Å²) in [6.45, 7) is 0.501. The number of carbonyl (C=O) groups is 2. The quantitative estimate of drug-likeness (QED) is 0.905. The number of nitrogens with zero attached hydrogens (tertiary/aromatic N) is 2. The number of rotatable bonds is 2. The summed E-state index contributed by atoms with van der Waals surface area (Å²) in [5.41, 5.74) is 0.513. The molecule has 0 aliphatic carbocycles. The van der Waals surface area contributed by atoms with Crippen molar-refractivity contribution >= 4 is 22.6 Å². The summed E-state index contributed by atoms with van der Waals surface area (Å²) in [5, 5.41) is 11.0. The monoisotopic (exact) mass is 270 g/mol. The number of hydrogen-bond donors (Lipinski definition) is 1. The van der Waals surface area contributed by atoms with Gasteiger partial charge in [-0.15, -0.1) is 0 Å². The highest BCUT2D eigenvalue weighted by atomic mass is 16.4. The van der Waals surface area contributed by atoms with Crippen molar-refractivity contribution in [3.05, 3.63) is 42.2 Å². The summed E-state index contributed by atoms with van der Waals surface area (Å²) in [6.07, 6.45) is 4.66. The van der Waals surface area contributed by atoms with Gasteiger partial charge in [-0.05, 0) is 36.4 Å². The van der Waals surface area contributed by atoms with Gasteiger partial charge in [0.2, 0.25) is 0 Å². The lowest BCUT2D eigenvalue weighted by atomic mass is 10.1. The van der Waals surface area contributed by atoms with Crippen molar-refractivity contribution in [2.45, 2.75) is 18.9 Å². The number of pyridine rings is 1. The number of aliphatic carboxylic acids is 1. The smallest absolute Gasteiger partial charge is 0.326 e. The molecule has 0 radical (unpaired) electrons. The van der Waals surface area contributed by atoms with Crippen molar-refractivity contribution in [1.29, 1.82) is 0 Å². The molecular weight excluding hydrogens is 256 g/mol. The first kappa shape index (κ1) is 12.6. The SMILES string of the molecule is O=C(O)C1CCCN1C(=O)c1ccc2ccncc2c1. The number of likely N-dealkylation sites (tertiary alicyclic amines) is 1. The topological polar surface area (TPSA) is 70.5 Å². The second kappa shape index (κ2) is 4.92. The maximum absolute atomic E-state index is 12.4. The lowest BCUT2D eigenvalue weighted by Crippen LogP contribution is -2.40. The number of carbonyl (C=O) groups excluding carboxylic acids is 1. The molecule has 0 spiro atoms. The number of carboxylic acid groups (broad SMARTS) is 1. The van der Waals surface area contributed by atoms with Crippen LogP contribution in [0.1, 0.15) is 23.2 Å². The van der Waals surface area contributed by atoms with E-state index < -0.39 is 12.0 Å². The van der Waals surface area contributed by atoms with Gasteiger partial charge in [0, 0.05) is 29.9 Å². The van der Waals surface area contributed by atoms with Gasteiger partial charge in [0.15, 0.2) is 0 Å². The van der Waals surface area contributed by atoms with E-state index in [1.54, 1.807) is 24.5 Å². The Bertz CT molecular complexity index is 684. The number of aromatic nitrogens is 1. The van der Waals surface area contributed by atoms with Crippen LogP contribution in [0.5, 0.6) is 0 Å². The lowest BCUT2D eigenvalue weighted by molar-refractivity contribution is -0.141. The first-order valence-corrected chi connectivity index (χ1v) is 6.54. The number of benzene rings is 1. The second-order valence-electron chi connectivity index (χ2n) is 4.93. The van der Waals surface area contributed by atoms with Crippen LogP contribution in [0.25, 0.3) is 10.8 Å². The summed E-state index contributed by atoms with van der Waals surface area (Å²) in [6, 6.07) is 6.53. The summed E-state index contributed by atoms with van der Waals surface area (Å²) < 4.78 is 0. The number of fused-ring (bicyclic) bond motifs is 1. The van der Waals surface area contributed by atoms with Gasteiger partial charge in [0.05, 0.1) is 0 Å². The Morgan fingerprint density at radius 1 is 1.25 bits per heavy atom. The van der Waals surface area contributed by atoms with Crippen molar-refractivity contribution in [1.82, 2.24) is 9.88 Å².